The minimum absolute atomic E-state index is 0.598. The number of thioether (sulfide) groups is 1. The third-order valence-corrected chi connectivity index (χ3v) is 2.27. The number of allylic oxidation sites excluding steroid dienone is 2. The molecule has 1 saturated heterocycles. The highest BCUT2D eigenvalue weighted by Crippen LogP contribution is 2.23. The fraction of sp³-hybridized carbons (Fsp3) is 0.167. The van der Waals surface area contributed by atoms with Crippen LogP contribution in [0.1, 0.15) is 0 Å². The summed E-state index contributed by atoms with van der Waals surface area (Å²) in [6.07, 6.45) is 7.75. The summed E-state index contributed by atoms with van der Waals surface area (Å²) in [6.45, 7) is 0. The standard InChI is InChI=1S/C6H7N3S/c7-6-9-4-2-1-3-8(9)5-10-6/h1-4,7H,5H2. The summed E-state index contributed by atoms with van der Waals surface area (Å²) in [5.74, 6) is 0.861. The minimum Gasteiger partial charge on any atom is -0.277 e. The monoisotopic (exact) mass is 153 g/mol. The van der Waals surface area contributed by atoms with Crippen LogP contribution in [0.5, 0.6) is 0 Å². The highest BCUT2D eigenvalue weighted by molar-refractivity contribution is 8.13. The molecular formula is C6H7N3S. The Morgan fingerprint density at radius 3 is 3.00 bits per heavy atom. The molecule has 10 heavy (non-hydrogen) atoms. The van der Waals surface area contributed by atoms with Gasteiger partial charge in [-0.1, -0.05) is 11.8 Å². The van der Waals surface area contributed by atoms with Gasteiger partial charge in [0, 0.05) is 12.4 Å². The van der Waals surface area contributed by atoms with E-state index in [-0.39, 0.29) is 0 Å². The van der Waals surface area contributed by atoms with Gasteiger partial charge in [0.25, 0.3) is 0 Å². The van der Waals surface area contributed by atoms with Gasteiger partial charge in [0.15, 0.2) is 5.17 Å². The lowest BCUT2D eigenvalue weighted by molar-refractivity contribution is 0.203. The molecule has 0 bridgehead atoms. The SMILES string of the molecule is N=C1SCN2C=CC=CN12. The van der Waals surface area contributed by atoms with Crippen molar-refractivity contribution in [3.05, 3.63) is 24.6 Å². The quantitative estimate of drug-likeness (QED) is 0.567. The molecule has 4 heteroatoms. The van der Waals surface area contributed by atoms with Crippen LogP contribution in [0.4, 0.5) is 0 Å². The second-order valence-corrected chi connectivity index (χ2v) is 2.98. The van der Waals surface area contributed by atoms with E-state index < -0.39 is 0 Å². The van der Waals surface area contributed by atoms with E-state index in [0.29, 0.717) is 5.17 Å². The Labute approximate surface area is 63.5 Å². The van der Waals surface area contributed by atoms with Crippen molar-refractivity contribution in [1.29, 1.82) is 5.41 Å². The van der Waals surface area contributed by atoms with Gasteiger partial charge in [0.05, 0.1) is 5.88 Å². The Balaban J connectivity index is 2.27. The van der Waals surface area contributed by atoms with Crippen molar-refractivity contribution in [1.82, 2.24) is 10.0 Å². The molecule has 2 aliphatic rings. The summed E-state index contributed by atoms with van der Waals surface area (Å²) >= 11 is 1.54. The summed E-state index contributed by atoms with van der Waals surface area (Å²) in [7, 11) is 0. The first-order chi connectivity index (χ1) is 4.88. The molecule has 0 radical (unpaired) electrons. The zero-order chi connectivity index (χ0) is 6.97. The maximum atomic E-state index is 7.44. The van der Waals surface area contributed by atoms with Crippen LogP contribution in [-0.2, 0) is 0 Å². The molecule has 52 valence electrons. The van der Waals surface area contributed by atoms with Crippen molar-refractivity contribution in [3.8, 4) is 0 Å². The largest absolute Gasteiger partial charge is 0.277 e. The molecule has 3 nitrogen and oxygen atoms in total. The molecule has 1 N–H and O–H groups in total. The molecule has 0 atom stereocenters. The summed E-state index contributed by atoms with van der Waals surface area (Å²) in [5.41, 5.74) is 0. The molecule has 1 fully saturated rings. The van der Waals surface area contributed by atoms with Gasteiger partial charge in [-0.15, -0.1) is 0 Å². The Kier molecular flexibility index (Phi) is 1.20. The second-order valence-electron chi connectivity index (χ2n) is 2.05. The summed E-state index contributed by atoms with van der Waals surface area (Å²) in [4.78, 5) is 0. The smallest absolute Gasteiger partial charge is 0.181 e. The molecule has 2 aliphatic heterocycles. The predicted molar refractivity (Wildman–Crippen MR) is 42.1 cm³/mol. The van der Waals surface area contributed by atoms with Gasteiger partial charge >= 0.3 is 0 Å². The van der Waals surface area contributed by atoms with E-state index in [1.165, 1.54) is 11.8 Å². The van der Waals surface area contributed by atoms with Gasteiger partial charge in [-0.2, -0.15) is 0 Å². The lowest BCUT2D eigenvalue weighted by Gasteiger charge is -2.24. The zero-order valence-corrected chi connectivity index (χ0v) is 6.14. The number of hydrazine groups is 1. The average molecular weight is 153 g/mol. The number of hydrogen-bond acceptors (Lipinski definition) is 3. The molecule has 2 heterocycles. The van der Waals surface area contributed by atoms with Crippen molar-refractivity contribution in [2.24, 2.45) is 0 Å². The minimum atomic E-state index is 0.598. The maximum Gasteiger partial charge on any atom is 0.181 e. The van der Waals surface area contributed by atoms with E-state index in [1.54, 1.807) is 0 Å². The van der Waals surface area contributed by atoms with E-state index >= 15 is 0 Å². The van der Waals surface area contributed by atoms with Gasteiger partial charge in [0.2, 0.25) is 0 Å². The molecule has 0 aromatic rings. The number of nitrogens with one attached hydrogen (secondary N) is 1. The van der Waals surface area contributed by atoms with Crippen LogP contribution in [0.15, 0.2) is 24.6 Å². The van der Waals surface area contributed by atoms with Crippen LogP contribution in [-0.4, -0.2) is 21.1 Å². The van der Waals surface area contributed by atoms with Crippen molar-refractivity contribution in [2.75, 3.05) is 5.88 Å². The number of fused-ring (bicyclic) bond motifs is 1. The Morgan fingerprint density at radius 1 is 1.40 bits per heavy atom. The molecular weight excluding hydrogens is 146 g/mol. The summed E-state index contributed by atoms with van der Waals surface area (Å²) in [6, 6.07) is 0. The molecule has 0 aromatic carbocycles. The van der Waals surface area contributed by atoms with Crippen molar-refractivity contribution >= 4 is 16.9 Å². The van der Waals surface area contributed by atoms with Crippen LogP contribution in [0.3, 0.4) is 0 Å². The molecule has 0 aromatic heterocycles. The van der Waals surface area contributed by atoms with Gasteiger partial charge in [0.1, 0.15) is 0 Å². The molecule has 2 rings (SSSR count). The second kappa shape index (κ2) is 2.05. The van der Waals surface area contributed by atoms with E-state index in [2.05, 4.69) is 0 Å². The van der Waals surface area contributed by atoms with Crippen LogP contribution < -0.4 is 0 Å². The third kappa shape index (κ3) is 0.724. The Bertz CT molecular complexity index is 221. The lowest BCUT2D eigenvalue weighted by Crippen LogP contribution is -2.31. The van der Waals surface area contributed by atoms with Crippen molar-refractivity contribution in [2.45, 2.75) is 0 Å². The number of rotatable bonds is 0. The first-order valence-electron chi connectivity index (χ1n) is 3.00. The van der Waals surface area contributed by atoms with E-state index in [9.17, 15) is 0 Å². The molecule has 0 aliphatic carbocycles. The number of amidine groups is 1. The third-order valence-electron chi connectivity index (χ3n) is 1.41. The van der Waals surface area contributed by atoms with Crippen molar-refractivity contribution in [3.63, 3.8) is 0 Å². The average Bonchev–Trinajstić information content (AvgIpc) is 2.34. The first kappa shape index (κ1) is 5.85. The number of nitrogens with zero attached hydrogens (tertiary/aromatic N) is 2. The van der Waals surface area contributed by atoms with E-state index in [4.69, 9.17) is 5.41 Å². The molecule has 0 amide bonds. The number of hydrogen-bond donors (Lipinski definition) is 1. The maximum absolute atomic E-state index is 7.44. The molecule has 0 unspecified atom stereocenters. The van der Waals surface area contributed by atoms with Gasteiger partial charge < -0.3 is 0 Å². The highest BCUT2D eigenvalue weighted by atomic mass is 32.2. The van der Waals surface area contributed by atoms with Crippen LogP contribution in [0.2, 0.25) is 0 Å². The summed E-state index contributed by atoms with van der Waals surface area (Å²) in [5, 5.41) is 11.9. The predicted octanol–water partition coefficient (Wildman–Crippen LogP) is 1.19. The van der Waals surface area contributed by atoms with Crippen molar-refractivity contribution < 1.29 is 0 Å². The molecule has 0 saturated carbocycles. The fourth-order valence-electron chi connectivity index (χ4n) is 0.921. The van der Waals surface area contributed by atoms with Crippen LogP contribution in [0.25, 0.3) is 0 Å². The normalized spacial score (nSPS) is 22.2. The highest BCUT2D eigenvalue weighted by Gasteiger charge is 2.22. The van der Waals surface area contributed by atoms with Gasteiger partial charge in [-0.3, -0.25) is 10.4 Å². The van der Waals surface area contributed by atoms with E-state index in [0.717, 1.165) is 5.88 Å². The Morgan fingerprint density at radius 2 is 2.20 bits per heavy atom. The fourth-order valence-corrected chi connectivity index (χ4v) is 1.68. The summed E-state index contributed by atoms with van der Waals surface area (Å²) < 4.78 is 0. The van der Waals surface area contributed by atoms with Crippen LogP contribution >= 0.6 is 11.8 Å². The Hall–Kier alpha value is -0.900. The first-order valence-corrected chi connectivity index (χ1v) is 3.98. The van der Waals surface area contributed by atoms with Gasteiger partial charge in [-0.25, -0.2) is 5.01 Å². The van der Waals surface area contributed by atoms with Gasteiger partial charge in [-0.05, 0) is 12.2 Å². The lowest BCUT2D eigenvalue weighted by atomic mass is 10.5. The van der Waals surface area contributed by atoms with Crippen LogP contribution in [0, 0.1) is 5.41 Å². The van der Waals surface area contributed by atoms with E-state index in [1.807, 2.05) is 34.6 Å². The zero-order valence-electron chi connectivity index (χ0n) is 5.32. The molecule has 0 spiro atoms. The topological polar surface area (TPSA) is 30.3 Å².